The molecule has 0 atom stereocenters. The van der Waals surface area contributed by atoms with Crippen molar-refractivity contribution in [2.75, 3.05) is 0 Å². The van der Waals surface area contributed by atoms with Gasteiger partial charge in [0.1, 0.15) is 11.6 Å². The molecule has 2 nitrogen and oxygen atoms in total. The topological polar surface area (TPSA) is 17.8 Å². The first-order chi connectivity index (χ1) is 9.60. The Labute approximate surface area is 129 Å². The number of nitrogens with zero attached hydrogens (tertiary/aromatic N) is 2. The minimum Gasteiger partial charge on any atom is -0.295 e. The largest absolute Gasteiger partial charge is 0.295 e. The number of fused-ring (bicyclic) bond motifs is 1. The lowest BCUT2D eigenvalue weighted by atomic mass is 10.2. The molecular weight excluding hydrogens is 343 g/mol. The fraction of sp³-hybridized carbons (Fsp3) is 0.133. The van der Waals surface area contributed by atoms with Crippen LogP contribution in [0.1, 0.15) is 11.4 Å². The molecule has 0 aliphatic rings. The number of benzene rings is 2. The number of halogens is 3. The molecule has 0 saturated carbocycles. The van der Waals surface area contributed by atoms with E-state index in [4.69, 9.17) is 11.6 Å². The van der Waals surface area contributed by atoms with Crippen LogP contribution < -0.4 is 0 Å². The molecule has 0 radical (unpaired) electrons. The maximum Gasteiger partial charge on any atom is 0.129 e. The third-order valence-electron chi connectivity index (χ3n) is 3.22. The van der Waals surface area contributed by atoms with Crippen molar-refractivity contribution >= 4 is 38.6 Å². The lowest BCUT2D eigenvalue weighted by Gasteiger charge is -2.11. The van der Waals surface area contributed by atoms with Crippen LogP contribution in [0.25, 0.3) is 16.7 Å². The molecule has 0 aliphatic carbocycles. The second kappa shape index (κ2) is 5.19. The van der Waals surface area contributed by atoms with E-state index in [-0.39, 0.29) is 11.7 Å². The Balaban J connectivity index is 2.39. The molecule has 1 heterocycles. The Morgan fingerprint density at radius 3 is 2.80 bits per heavy atom. The molecule has 5 heteroatoms. The fourth-order valence-corrected chi connectivity index (χ4v) is 2.81. The van der Waals surface area contributed by atoms with E-state index >= 15 is 0 Å². The zero-order valence-corrected chi connectivity index (χ0v) is 13.0. The maximum atomic E-state index is 13.6. The first-order valence-corrected chi connectivity index (χ1v) is 7.42. The van der Waals surface area contributed by atoms with Gasteiger partial charge in [0.2, 0.25) is 0 Å². The minimum atomic E-state index is -0.275. The summed E-state index contributed by atoms with van der Waals surface area (Å²) in [6, 6.07) is 10.5. The molecule has 0 amide bonds. The Hall–Kier alpha value is -1.39. The van der Waals surface area contributed by atoms with Crippen LogP contribution in [0.4, 0.5) is 4.39 Å². The van der Waals surface area contributed by atoms with Gasteiger partial charge >= 0.3 is 0 Å². The third-order valence-corrected chi connectivity index (χ3v) is 3.95. The maximum absolute atomic E-state index is 13.6. The van der Waals surface area contributed by atoms with Gasteiger partial charge in [-0.25, -0.2) is 9.37 Å². The fourth-order valence-electron chi connectivity index (χ4n) is 2.28. The van der Waals surface area contributed by atoms with Crippen molar-refractivity contribution in [3.05, 3.63) is 58.1 Å². The van der Waals surface area contributed by atoms with Crippen molar-refractivity contribution < 1.29 is 4.39 Å². The Morgan fingerprint density at radius 2 is 2.05 bits per heavy atom. The molecular formula is C15H11BrClFN2. The van der Waals surface area contributed by atoms with Crippen molar-refractivity contribution in [2.45, 2.75) is 12.8 Å². The molecule has 0 spiro atoms. The highest BCUT2D eigenvalue weighted by Crippen LogP contribution is 2.27. The number of aryl methyl sites for hydroxylation is 1. The normalized spacial score (nSPS) is 11.2. The molecule has 0 saturated heterocycles. The molecule has 102 valence electrons. The minimum absolute atomic E-state index is 0.266. The Bertz CT molecular complexity index is 798. The predicted octanol–water partition coefficient (Wildman–Crippen LogP) is 4.97. The van der Waals surface area contributed by atoms with Crippen molar-refractivity contribution in [1.82, 2.24) is 9.55 Å². The van der Waals surface area contributed by atoms with Gasteiger partial charge in [-0.1, -0.05) is 22.0 Å². The Morgan fingerprint density at radius 1 is 1.25 bits per heavy atom. The third kappa shape index (κ3) is 2.23. The predicted molar refractivity (Wildman–Crippen MR) is 83.0 cm³/mol. The van der Waals surface area contributed by atoms with Gasteiger partial charge in [-0.3, -0.25) is 4.57 Å². The lowest BCUT2D eigenvalue weighted by Crippen LogP contribution is -2.02. The SMILES string of the molecule is Cc1ccc(F)cc1-n1c(CCl)nc2ccc(Br)cc21. The first kappa shape index (κ1) is 13.6. The van der Waals surface area contributed by atoms with Crippen molar-refractivity contribution in [1.29, 1.82) is 0 Å². The van der Waals surface area contributed by atoms with Gasteiger partial charge in [-0.05, 0) is 42.8 Å². The van der Waals surface area contributed by atoms with Gasteiger partial charge in [-0.15, -0.1) is 11.6 Å². The van der Waals surface area contributed by atoms with Crippen molar-refractivity contribution in [2.24, 2.45) is 0 Å². The van der Waals surface area contributed by atoms with Crippen LogP contribution in [0.15, 0.2) is 40.9 Å². The summed E-state index contributed by atoms with van der Waals surface area (Å²) < 4.78 is 16.4. The first-order valence-electron chi connectivity index (χ1n) is 6.09. The van der Waals surface area contributed by atoms with E-state index < -0.39 is 0 Å². The number of hydrogen-bond acceptors (Lipinski definition) is 1. The quantitative estimate of drug-likeness (QED) is 0.594. The van der Waals surface area contributed by atoms with Crippen LogP contribution in [0, 0.1) is 12.7 Å². The monoisotopic (exact) mass is 352 g/mol. The average molecular weight is 354 g/mol. The zero-order chi connectivity index (χ0) is 14.3. The summed E-state index contributed by atoms with van der Waals surface area (Å²) in [7, 11) is 0. The highest BCUT2D eigenvalue weighted by molar-refractivity contribution is 9.10. The summed E-state index contributed by atoms with van der Waals surface area (Å²) in [6.07, 6.45) is 0. The van der Waals surface area contributed by atoms with E-state index in [9.17, 15) is 4.39 Å². The highest BCUT2D eigenvalue weighted by Gasteiger charge is 2.14. The van der Waals surface area contributed by atoms with Crippen molar-refractivity contribution in [3.63, 3.8) is 0 Å². The summed E-state index contributed by atoms with van der Waals surface area (Å²) in [5.41, 5.74) is 3.48. The van der Waals surface area contributed by atoms with Crippen LogP contribution in [-0.2, 0) is 5.88 Å². The summed E-state index contributed by atoms with van der Waals surface area (Å²) >= 11 is 9.45. The van der Waals surface area contributed by atoms with Crippen LogP contribution in [0.3, 0.4) is 0 Å². The van der Waals surface area contributed by atoms with Crippen LogP contribution >= 0.6 is 27.5 Å². The second-order valence-electron chi connectivity index (χ2n) is 4.56. The molecule has 0 aliphatic heterocycles. The Kier molecular flexibility index (Phi) is 3.52. The number of alkyl halides is 1. The summed E-state index contributed by atoms with van der Waals surface area (Å²) in [5.74, 6) is 0.693. The van der Waals surface area contributed by atoms with Gasteiger partial charge in [0.25, 0.3) is 0 Å². The van der Waals surface area contributed by atoms with Gasteiger partial charge < -0.3 is 0 Å². The van der Waals surface area contributed by atoms with Crippen LogP contribution in [-0.4, -0.2) is 9.55 Å². The molecule has 3 aromatic rings. The van der Waals surface area contributed by atoms with E-state index in [0.717, 1.165) is 26.8 Å². The van der Waals surface area contributed by atoms with Gasteiger partial charge in [0.05, 0.1) is 22.6 Å². The molecule has 20 heavy (non-hydrogen) atoms. The summed E-state index contributed by atoms with van der Waals surface area (Å²) in [5, 5.41) is 0. The number of rotatable bonds is 2. The van der Waals surface area contributed by atoms with Crippen molar-refractivity contribution in [3.8, 4) is 5.69 Å². The van der Waals surface area contributed by atoms with E-state index in [2.05, 4.69) is 20.9 Å². The van der Waals surface area contributed by atoms with Crippen LogP contribution in [0.5, 0.6) is 0 Å². The van der Waals surface area contributed by atoms with E-state index in [1.165, 1.54) is 12.1 Å². The second-order valence-corrected chi connectivity index (χ2v) is 5.74. The zero-order valence-electron chi connectivity index (χ0n) is 10.7. The van der Waals surface area contributed by atoms with Gasteiger partial charge in [0, 0.05) is 4.47 Å². The smallest absolute Gasteiger partial charge is 0.129 e. The summed E-state index contributed by atoms with van der Waals surface area (Å²) in [6.45, 7) is 1.94. The molecule has 0 bridgehead atoms. The van der Waals surface area contributed by atoms with E-state index in [1.54, 1.807) is 6.07 Å². The number of hydrogen-bond donors (Lipinski definition) is 0. The highest BCUT2D eigenvalue weighted by atomic mass is 79.9. The lowest BCUT2D eigenvalue weighted by molar-refractivity contribution is 0.626. The van der Waals surface area contributed by atoms with Gasteiger partial charge in [-0.2, -0.15) is 0 Å². The summed E-state index contributed by atoms with van der Waals surface area (Å²) in [4.78, 5) is 4.51. The van der Waals surface area contributed by atoms with Crippen LogP contribution in [0.2, 0.25) is 0 Å². The van der Waals surface area contributed by atoms with E-state index in [1.807, 2.05) is 29.7 Å². The van der Waals surface area contributed by atoms with E-state index in [0.29, 0.717) is 5.82 Å². The standard InChI is InChI=1S/C15H11BrClFN2/c1-9-2-4-11(18)7-13(9)20-14-6-10(16)3-5-12(14)19-15(20)8-17/h2-7H,8H2,1H3. The molecule has 2 aromatic carbocycles. The number of imidazole rings is 1. The molecule has 3 rings (SSSR count). The average Bonchev–Trinajstić information content (AvgIpc) is 2.79. The molecule has 0 N–H and O–H groups in total. The van der Waals surface area contributed by atoms with Gasteiger partial charge in [0.15, 0.2) is 0 Å². The molecule has 1 aromatic heterocycles. The molecule has 0 unspecified atom stereocenters. The molecule has 0 fully saturated rings. The number of aromatic nitrogens is 2.